The van der Waals surface area contributed by atoms with Gasteiger partial charge in [0.1, 0.15) is 11.7 Å². The van der Waals surface area contributed by atoms with Crippen molar-refractivity contribution in [3.63, 3.8) is 0 Å². The zero-order chi connectivity index (χ0) is 25.0. The average Bonchev–Trinajstić information content (AvgIpc) is 3.41. The maximum absolute atomic E-state index is 6.90. The Hall–Kier alpha value is -1.96. The van der Waals surface area contributed by atoms with Crippen LogP contribution in [0.15, 0.2) is 91.0 Å². The predicted octanol–water partition coefficient (Wildman–Crippen LogP) is 5.92. The summed E-state index contributed by atoms with van der Waals surface area (Å²) in [7, 11) is 1.59. The van der Waals surface area contributed by atoms with Crippen molar-refractivity contribution < 1.29 is 23.7 Å². The van der Waals surface area contributed by atoms with Crippen molar-refractivity contribution in [2.75, 3.05) is 13.7 Å². The van der Waals surface area contributed by atoms with Crippen LogP contribution in [0, 0.1) is 5.92 Å². The Morgan fingerprint density at radius 1 is 0.694 bits per heavy atom. The molecule has 2 fully saturated rings. The summed E-state index contributed by atoms with van der Waals surface area (Å²) in [5.41, 5.74) is 2.16. The fourth-order valence-electron chi connectivity index (χ4n) is 4.90. The summed E-state index contributed by atoms with van der Waals surface area (Å²) in [4.78, 5) is 0. The number of hydrogen-bond donors (Lipinski definition) is 0. The van der Waals surface area contributed by atoms with Gasteiger partial charge >= 0.3 is 0 Å². The first-order valence-corrected chi connectivity index (χ1v) is 12.8. The first kappa shape index (κ1) is 25.7. The third kappa shape index (κ3) is 5.20. The monoisotopic (exact) mass is 528 g/mol. The van der Waals surface area contributed by atoms with Gasteiger partial charge in [-0.1, -0.05) is 114 Å². The molecule has 3 aromatic rings. The highest BCUT2D eigenvalue weighted by Crippen LogP contribution is 2.69. The molecule has 1 saturated carbocycles. The van der Waals surface area contributed by atoms with Gasteiger partial charge < -0.3 is 23.7 Å². The highest BCUT2D eigenvalue weighted by molar-refractivity contribution is 6.52. The molecule has 0 radical (unpaired) electrons. The zero-order valence-electron chi connectivity index (χ0n) is 20.1. The van der Waals surface area contributed by atoms with Gasteiger partial charge in [-0.25, -0.2) is 0 Å². The van der Waals surface area contributed by atoms with Gasteiger partial charge in [0, 0.05) is 7.11 Å². The Bertz CT molecular complexity index is 1100. The Morgan fingerprint density at radius 3 is 1.67 bits per heavy atom. The van der Waals surface area contributed by atoms with Crippen LogP contribution in [0.1, 0.15) is 16.7 Å². The third-order valence-electron chi connectivity index (χ3n) is 6.85. The molecule has 1 aliphatic carbocycles. The molecule has 2 aliphatic rings. The summed E-state index contributed by atoms with van der Waals surface area (Å²) in [6.45, 7) is 1.38. The Labute approximate surface area is 222 Å². The van der Waals surface area contributed by atoms with E-state index in [0.717, 1.165) is 16.7 Å². The number of halogens is 2. The van der Waals surface area contributed by atoms with Crippen molar-refractivity contribution in [1.29, 1.82) is 0 Å². The second kappa shape index (κ2) is 11.2. The van der Waals surface area contributed by atoms with Crippen molar-refractivity contribution in [1.82, 2.24) is 0 Å². The normalized spacial score (nSPS) is 28.4. The maximum Gasteiger partial charge on any atom is 0.186 e. The molecule has 0 N–H and O–H groups in total. The van der Waals surface area contributed by atoms with Crippen LogP contribution in [0.2, 0.25) is 0 Å². The van der Waals surface area contributed by atoms with Crippen LogP contribution < -0.4 is 0 Å². The minimum Gasteiger partial charge on any atom is -0.374 e. The van der Waals surface area contributed by atoms with E-state index in [-0.39, 0.29) is 12.5 Å². The number of rotatable bonds is 11. The molecule has 5 atom stereocenters. The lowest BCUT2D eigenvalue weighted by molar-refractivity contribution is -0.290. The van der Waals surface area contributed by atoms with E-state index >= 15 is 0 Å². The fourth-order valence-corrected chi connectivity index (χ4v) is 5.82. The number of alkyl halides is 2. The van der Waals surface area contributed by atoms with Crippen LogP contribution in [-0.2, 0) is 43.5 Å². The molecule has 0 aromatic heterocycles. The number of fused-ring (bicyclic) bond motifs is 1. The van der Waals surface area contributed by atoms with Crippen LogP contribution in [0.5, 0.6) is 0 Å². The Balaban J connectivity index is 1.36. The number of benzene rings is 3. The molecule has 190 valence electrons. The van der Waals surface area contributed by atoms with Crippen LogP contribution in [0.3, 0.4) is 0 Å². The van der Waals surface area contributed by atoms with Gasteiger partial charge in [-0.15, -0.1) is 0 Å². The smallest absolute Gasteiger partial charge is 0.186 e. The standard InChI is InChI=1S/C29H30Cl2O5/c1-32-27-25(35-19-23-15-9-4-10-16-23)24(34-18-22-13-7-3-8-14-22)26-28(36-27,29(26,30)31)20-33-17-21-11-5-2-6-12-21/h2-16,24-27H,17-20H2,1H3/t24-,25-,26+,27+,28+/m1/s1. The second-order valence-corrected chi connectivity index (χ2v) is 10.6. The van der Waals surface area contributed by atoms with Gasteiger partial charge in [0.15, 0.2) is 10.6 Å². The Kier molecular flexibility index (Phi) is 7.99. The molecule has 1 aliphatic heterocycles. The van der Waals surface area contributed by atoms with Crippen LogP contribution in [-0.4, -0.2) is 42.1 Å². The molecular formula is C29H30Cl2O5. The van der Waals surface area contributed by atoms with Gasteiger partial charge in [-0.2, -0.15) is 0 Å². The first-order valence-electron chi connectivity index (χ1n) is 12.1. The first-order chi connectivity index (χ1) is 17.5. The summed E-state index contributed by atoms with van der Waals surface area (Å²) in [5.74, 6) is -0.361. The molecule has 3 aromatic carbocycles. The van der Waals surface area contributed by atoms with E-state index in [4.69, 9.17) is 46.9 Å². The maximum atomic E-state index is 6.90. The number of hydrogen-bond acceptors (Lipinski definition) is 5. The molecule has 0 bridgehead atoms. The molecule has 7 heteroatoms. The third-order valence-corrected chi connectivity index (χ3v) is 7.96. The van der Waals surface area contributed by atoms with E-state index in [1.54, 1.807) is 7.11 Å². The number of ether oxygens (including phenoxy) is 5. The Morgan fingerprint density at radius 2 is 1.17 bits per heavy atom. The quantitative estimate of drug-likeness (QED) is 0.289. The number of methoxy groups -OCH3 is 1. The van der Waals surface area contributed by atoms with E-state index in [1.807, 2.05) is 91.0 Å². The van der Waals surface area contributed by atoms with Gasteiger partial charge in [0.2, 0.25) is 0 Å². The molecule has 1 saturated heterocycles. The molecule has 36 heavy (non-hydrogen) atoms. The molecule has 5 rings (SSSR count). The lowest BCUT2D eigenvalue weighted by atomic mass is 10.0. The second-order valence-electron chi connectivity index (χ2n) is 9.21. The highest BCUT2D eigenvalue weighted by Gasteiger charge is 2.84. The van der Waals surface area contributed by atoms with Crippen molar-refractivity contribution in [2.24, 2.45) is 5.92 Å². The minimum atomic E-state index is -1.22. The minimum absolute atomic E-state index is 0.204. The van der Waals surface area contributed by atoms with Crippen molar-refractivity contribution >= 4 is 23.2 Å². The van der Waals surface area contributed by atoms with E-state index in [1.165, 1.54) is 0 Å². The molecular weight excluding hydrogens is 499 g/mol. The summed E-state index contributed by atoms with van der Waals surface area (Å²) < 4.78 is 29.8. The van der Waals surface area contributed by atoms with E-state index in [2.05, 4.69) is 0 Å². The van der Waals surface area contributed by atoms with Gasteiger partial charge in [-0.3, -0.25) is 0 Å². The lowest BCUT2D eigenvalue weighted by Gasteiger charge is -2.39. The zero-order valence-corrected chi connectivity index (χ0v) is 21.6. The van der Waals surface area contributed by atoms with Crippen molar-refractivity contribution in [2.45, 2.75) is 48.3 Å². The van der Waals surface area contributed by atoms with Gasteiger partial charge in [-0.05, 0) is 16.7 Å². The fraction of sp³-hybridized carbons (Fsp3) is 0.379. The summed E-state index contributed by atoms with van der Waals surface area (Å²) in [6.07, 6.45) is -1.74. The summed E-state index contributed by atoms with van der Waals surface area (Å²) in [5, 5.41) is 0. The molecule has 1 heterocycles. The average molecular weight is 529 g/mol. The SMILES string of the molecule is CO[C@H]1O[C@@]2(COCc3ccccc3)[C@H]([C@H](OCc3ccccc3)[C@H]1OCc1ccccc1)C2(Cl)Cl. The van der Waals surface area contributed by atoms with Gasteiger partial charge in [0.05, 0.1) is 38.4 Å². The lowest BCUT2D eigenvalue weighted by Crippen LogP contribution is -2.53. The van der Waals surface area contributed by atoms with Crippen molar-refractivity contribution in [3.05, 3.63) is 108 Å². The van der Waals surface area contributed by atoms with E-state index < -0.39 is 28.4 Å². The van der Waals surface area contributed by atoms with E-state index in [9.17, 15) is 0 Å². The van der Waals surface area contributed by atoms with Crippen LogP contribution in [0.25, 0.3) is 0 Å². The van der Waals surface area contributed by atoms with Crippen molar-refractivity contribution in [3.8, 4) is 0 Å². The molecule has 5 nitrogen and oxygen atoms in total. The summed E-state index contributed by atoms with van der Waals surface area (Å²) >= 11 is 13.8. The predicted molar refractivity (Wildman–Crippen MR) is 139 cm³/mol. The van der Waals surface area contributed by atoms with Gasteiger partial charge in [0.25, 0.3) is 0 Å². The molecule has 0 spiro atoms. The topological polar surface area (TPSA) is 46.2 Å². The molecule has 0 unspecified atom stereocenters. The molecule has 0 amide bonds. The largest absolute Gasteiger partial charge is 0.374 e. The van der Waals surface area contributed by atoms with E-state index in [0.29, 0.717) is 19.8 Å². The van der Waals surface area contributed by atoms with Crippen LogP contribution >= 0.6 is 23.2 Å². The van der Waals surface area contributed by atoms with Crippen LogP contribution in [0.4, 0.5) is 0 Å². The summed E-state index contributed by atoms with van der Waals surface area (Å²) in [6, 6.07) is 29.9. The highest BCUT2D eigenvalue weighted by atomic mass is 35.5.